The number of likely N-dealkylation sites (N-methyl/N-ethyl adjacent to an activating group) is 1. The van der Waals surface area contributed by atoms with E-state index in [0.29, 0.717) is 6.61 Å². The Morgan fingerprint density at radius 3 is 2.48 bits per heavy atom. The number of hydrogen-bond donors (Lipinski definition) is 0. The number of ether oxygens (including phenoxy) is 1. The highest BCUT2D eigenvalue weighted by Crippen LogP contribution is 2.31. The maximum absolute atomic E-state index is 6.18. The molecule has 1 saturated heterocycles. The zero-order chi connectivity index (χ0) is 21.0. The molecule has 4 aromatic rings. The van der Waals surface area contributed by atoms with Crippen LogP contribution in [0.1, 0.15) is 5.56 Å². The highest BCUT2D eigenvalue weighted by atomic mass is 16.5. The zero-order valence-corrected chi connectivity index (χ0v) is 17.9. The lowest BCUT2D eigenvalue weighted by Gasteiger charge is -2.34. The predicted octanol–water partition coefficient (Wildman–Crippen LogP) is 5.23. The first kappa shape index (κ1) is 19.6. The van der Waals surface area contributed by atoms with E-state index >= 15 is 0 Å². The fourth-order valence-electron chi connectivity index (χ4n) is 4.17. The standard InChI is InChI=1S/C27H27N3O/c1-29-12-14-30(15-13-29)27-9-5-8-23-10-11-25(17-26(23)27)31-20-21-16-24(19-28-18-21)22-6-3-2-4-7-22/h2-11,16-19H,12-15,20H2,1H3. The monoisotopic (exact) mass is 409 g/mol. The van der Waals surface area contributed by atoms with E-state index in [1.165, 1.54) is 22.0 Å². The fourth-order valence-corrected chi connectivity index (χ4v) is 4.17. The minimum atomic E-state index is 0.496. The molecule has 0 radical (unpaired) electrons. The molecule has 4 nitrogen and oxygen atoms in total. The van der Waals surface area contributed by atoms with Gasteiger partial charge in [0, 0.05) is 60.8 Å². The van der Waals surface area contributed by atoms with Crippen LogP contribution in [0, 0.1) is 0 Å². The second kappa shape index (κ2) is 8.78. The van der Waals surface area contributed by atoms with E-state index < -0.39 is 0 Å². The van der Waals surface area contributed by atoms with Gasteiger partial charge >= 0.3 is 0 Å². The van der Waals surface area contributed by atoms with Gasteiger partial charge in [-0.2, -0.15) is 0 Å². The minimum absolute atomic E-state index is 0.496. The Balaban J connectivity index is 1.36. The molecule has 0 spiro atoms. The van der Waals surface area contributed by atoms with Crippen LogP contribution in [0.2, 0.25) is 0 Å². The van der Waals surface area contributed by atoms with Crippen molar-refractivity contribution in [3.8, 4) is 16.9 Å². The van der Waals surface area contributed by atoms with Crippen molar-refractivity contribution in [2.45, 2.75) is 6.61 Å². The summed E-state index contributed by atoms with van der Waals surface area (Å²) < 4.78 is 6.18. The molecule has 0 bridgehead atoms. The Morgan fingerprint density at radius 1 is 0.806 bits per heavy atom. The third kappa shape index (κ3) is 4.39. The topological polar surface area (TPSA) is 28.6 Å². The molecule has 0 saturated carbocycles. The molecule has 1 aliphatic heterocycles. The summed E-state index contributed by atoms with van der Waals surface area (Å²) >= 11 is 0. The van der Waals surface area contributed by atoms with Gasteiger partial charge < -0.3 is 14.5 Å². The van der Waals surface area contributed by atoms with E-state index in [4.69, 9.17) is 4.74 Å². The summed E-state index contributed by atoms with van der Waals surface area (Å²) in [5.41, 5.74) is 4.63. The molecule has 5 rings (SSSR count). The number of rotatable bonds is 5. The van der Waals surface area contributed by atoms with E-state index in [9.17, 15) is 0 Å². The number of piperazine rings is 1. The van der Waals surface area contributed by atoms with Crippen molar-refractivity contribution in [1.29, 1.82) is 0 Å². The second-order valence-electron chi connectivity index (χ2n) is 8.19. The van der Waals surface area contributed by atoms with E-state index in [0.717, 1.165) is 43.1 Å². The lowest BCUT2D eigenvalue weighted by molar-refractivity contribution is 0.306. The molecule has 3 aromatic carbocycles. The van der Waals surface area contributed by atoms with Crippen molar-refractivity contribution >= 4 is 16.5 Å². The number of nitrogens with zero attached hydrogens (tertiary/aromatic N) is 3. The first-order valence-corrected chi connectivity index (χ1v) is 10.8. The van der Waals surface area contributed by atoms with Crippen molar-refractivity contribution in [3.05, 3.63) is 90.8 Å². The van der Waals surface area contributed by atoms with E-state index in [-0.39, 0.29) is 0 Å². The van der Waals surface area contributed by atoms with Gasteiger partial charge in [-0.05, 0) is 42.3 Å². The van der Waals surface area contributed by atoms with Crippen LogP contribution in [0.5, 0.6) is 5.75 Å². The summed E-state index contributed by atoms with van der Waals surface area (Å²) in [7, 11) is 2.19. The lowest BCUT2D eigenvalue weighted by atomic mass is 10.1. The molecule has 1 aromatic heterocycles. The number of fused-ring (bicyclic) bond motifs is 1. The molecule has 0 unspecified atom stereocenters. The van der Waals surface area contributed by atoms with E-state index in [1.807, 2.05) is 30.6 Å². The minimum Gasteiger partial charge on any atom is -0.489 e. The predicted molar refractivity (Wildman–Crippen MR) is 128 cm³/mol. The number of hydrogen-bond acceptors (Lipinski definition) is 4. The average Bonchev–Trinajstić information content (AvgIpc) is 2.83. The van der Waals surface area contributed by atoms with Gasteiger partial charge in [0.2, 0.25) is 0 Å². The van der Waals surface area contributed by atoms with Crippen LogP contribution in [0.4, 0.5) is 5.69 Å². The van der Waals surface area contributed by atoms with Gasteiger partial charge in [0.25, 0.3) is 0 Å². The van der Waals surface area contributed by atoms with Crippen molar-refractivity contribution in [2.24, 2.45) is 0 Å². The summed E-state index contributed by atoms with van der Waals surface area (Å²) in [5.74, 6) is 0.888. The van der Waals surface area contributed by atoms with Gasteiger partial charge in [0.1, 0.15) is 12.4 Å². The molecule has 0 amide bonds. The molecule has 1 aliphatic rings. The largest absolute Gasteiger partial charge is 0.489 e. The third-order valence-corrected chi connectivity index (χ3v) is 5.98. The van der Waals surface area contributed by atoms with Crippen molar-refractivity contribution in [3.63, 3.8) is 0 Å². The van der Waals surface area contributed by atoms with E-state index in [1.54, 1.807) is 0 Å². The average molecular weight is 410 g/mol. The van der Waals surface area contributed by atoms with Crippen LogP contribution in [0.15, 0.2) is 85.2 Å². The van der Waals surface area contributed by atoms with Crippen LogP contribution < -0.4 is 9.64 Å². The summed E-state index contributed by atoms with van der Waals surface area (Å²) in [4.78, 5) is 9.28. The van der Waals surface area contributed by atoms with Crippen LogP contribution >= 0.6 is 0 Å². The van der Waals surface area contributed by atoms with Crippen molar-refractivity contribution < 1.29 is 4.74 Å². The Labute approximate surface area is 183 Å². The molecular weight excluding hydrogens is 382 g/mol. The van der Waals surface area contributed by atoms with Crippen molar-refractivity contribution in [2.75, 3.05) is 38.1 Å². The quantitative estimate of drug-likeness (QED) is 0.451. The number of aromatic nitrogens is 1. The highest BCUT2D eigenvalue weighted by molar-refractivity contribution is 5.95. The van der Waals surface area contributed by atoms with Crippen LogP contribution in [0.3, 0.4) is 0 Å². The van der Waals surface area contributed by atoms with Crippen LogP contribution in [0.25, 0.3) is 21.9 Å². The highest BCUT2D eigenvalue weighted by Gasteiger charge is 2.16. The maximum Gasteiger partial charge on any atom is 0.120 e. The third-order valence-electron chi connectivity index (χ3n) is 5.98. The molecule has 2 heterocycles. The summed E-state index contributed by atoms with van der Waals surface area (Å²) in [6.07, 6.45) is 3.78. The first-order valence-electron chi connectivity index (χ1n) is 10.8. The molecule has 1 fully saturated rings. The van der Waals surface area contributed by atoms with E-state index in [2.05, 4.69) is 76.4 Å². The van der Waals surface area contributed by atoms with Gasteiger partial charge in [-0.25, -0.2) is 0 Å². The SMILES string of the molecule is CN1CCN(c2cccc3ccc(OCc4cncc(-c5ccccc5)c4)cc23)CC1. The number of pyridine rings is 1. The molecule has 156 valence electrons. The molecule has 4 heteroatoms. The Morgan fingerprint density at radius 2 is 1.65 bits per heavy atom. The Kier molecular flexibility index (Phi) is 5.55. The van der Waals surface area contributed by atoms with Crippen molar-refractivity contribution in [1.82, 2.24) is 9.88 Å². The van der Waals surface area contributed by atoms with Gasteiger partial charge in [-0.1, -0.05) is 48.5 Å². The van der Waals surface area contributed by atoms with Gasteiger partial charge in [0.05, 0.1) is 0 Å². The lowest BCUT2D eigenvalue weighted by Crippen LogP contribution is -2.44. The Hall–Kier alpha value is -3.37. The second-order valence-corrected chi connectivity index (χ2v) is 8.19. The summed E-state index contributed by atoms with van der Waals surface area (Å²) in [6, 6.07) is 25.4. The molecular formula is C27H27N3O. The maximum atomic E-state index is 6.18. The van der Waals surface area contributed by atoms with Gasteiger partial charge in [-0.15, -0.1) is 0 Å². The van der Waals surface area contributed by atoms with Gasteiger partial charge in [0.15, 0.2) is 0 Å². The molecule has 0 N–H and O–H groups in total. The van der Waals surface area contributed by atoms with Crippen LogP contribution in [-0.2, 0) is 6.61 Å². The summed E-state index contributed by atoms with van der Waals surface area (Å²) in [5, 5.41) is 2.50. The smallest absolute Gasteiger partial charge is 0.120 e. The zero-order valence-electron chi connectivity index (χ0n) is 17.9. The van der Waals surface area contributed by atoms with Crippen LogP contribution in [-0.4, -0.2) is 43.1 Å². The van der Waals surface area contributed by atoms with Gasteiger partial charge in [-0.3, -0.25) is 4.98 Å². The number of anilines is 1. The normalized spacial score (nSPS) is 14.7. The number of benzene rings is 3. The molecule has 0 aliphatic carbocycles. The first-order chi connectivity index (χ1) is 15.3. The Bertz CT molecular complexity index is 1170. The molecule has 31 heavy (non-hydrogen) atoms. The summed E-state index contributed by atoms with van der Waals surface area (Å²) in [6.45, 7) is 4.79. The fraction of sp³-hybridized carbons (Fsp3) is 0.222. The molecule has 0 atom stereocenters.